The van der Waals surface area contributed by atoms with Gasteiger partial charge in [0.05, 0.1) is 16.0 Å². The van der Waals surface area contributed by atoms with Crippen LogP contribution in [0.5, 0.6) is 0 Å². The highest BCUT2D eigenvalue weighted by Gasteiger charge is 2.28. The van der Waals surface area contributed by atoms with Crippen molar-refractivity contribution >= 4 is 26.0 Å². The first-order valence-corrected chi connectivity index (χ1v) is 8.98. The number of rotatable bonds is 6. The molecular formula is C13H18BrFN2O3S. The summed E-state index contributed by atoms with van der Waals surface area (Å²) >= 11 is 3.00. The third-order valence-electron chi connectivity index (χ3n) is 3.46. The summed E-state index contributed by atoms with van der Waals surface area (Å²) < 4.78 is 40.2. The first kappa shape index (κ1) is 16.8. The Morgan fingerprint density at radius 3 is 2.81 bits per heavy atom. The molecule has 1 fully saturated rings. The first-order valence-electron chi connectivity index (χ1n) is 6.74. The molecule has 1 aromatic carbocycles. The van der Waals surface area contributed by atoms with Crippen molar-refractivity contribution in [1.82, 2.24) is 9.62 Å². The summed E-state index contributed by atoms with van der Waals surface area (Å²) in [5, 5.41) is 12.3. The van der Waals surface area contributed by atoms with Gasteiger partial charge < -0.3 is 10.4 Å². The zero-order valence-corrected chi connectivity index (χ0v) is 13.8. The number of nitrogens with one attached hydrogen (secondary N) is 1. The minimum absolute atomic E-state index is 0.00179. The van der Waals surface area contributed by atoms with E-state index in [9.17, 15) is 12.8 Å². The number of aliphatic hydroxyl groups excluding tert-OH is 1. The summed E-state index contributed by atoms with van der Waals surface area (Å²) in [6.07, 6.45) is 1.90. The maximum absolute atomic E-state index is 13.6. The Morgan fingerprint density at radius 1 is 1.48 bits per heavy atom. The lowest BCUT2D eigenvalue weighted by molar-refractivity contribution is 0.246. The van der Waals surface area contributed by atoms with E-state index in [0.717, 1.165) is 25.5 Å². The Morgan fingerprint density at radius 2 is 2.24 bits per heavy atom. The number of aliphatic hydroxyl groups is 1. The van der Waals surface area contributed by atoms with Crippen LogP contribution in [0.4, 0.5) is 4.39 Å². The third-order valence-corrected chi connectivity index (χ3v) is 5.97. The maximum atomic E-state index is 13.6. The first-order chi connectivity index (χ1) is 9.95. The van der Waals surface area contributed by atoms with E-state index in [1.54, 1.807) is 0 Å². The molecule has 0 amide bonds. The van der Waals surface area contributed by atoms with E-state index in [1.807, 2.05) is 0 Å². The average Bonchev–Trinajstić information content (AvgIpc) is 2.94. The molecule has 1 unspecified atom stereocenters. The summed E-state index contributed by atoms with van der Waals surface area (Å²) in [5.41, 5.74) is 0. The predicted octanol–water partition coefficient (Wildman–Crippen LogP) is 1.32. The van der Waals surface area contributed by atoms with Crippen molar-refractivity contribution in [2.45, 2.75) is 23.8 Å². The Balaban J connectivity index is 2.25. The molecule has 1 atom stereocenters. The van der Waals surface area contributed by atoms with Crippen LogP contribution in [0.1, 0.15) is 12.8 Å². The predicted molar refractivity (Wildman–Crippen MR) is 81.0 cm³/mol. The van der Waals surface area contributed by atoms with E-state index in [4.69, 9.17) is 5.11 Å². The fourth-order valence-corrected chi connectivity index (χ4v) is 4.10. The van der Waals surface area contributed by atoms with Gasteiger partial charge in [-0.15, -0.1) is 0 Å². The van der Waals surface area contributed by atoms with Crippen molar-refractivity contribution < 1.29 is 17.9 Å². The normalized spacial score (nSPS) is 19.3. The molecule has 2 rings (SSSR count). The Hall–Kier alpha value is -0.540. The Bertz CT molecular complexity index is 591. The SMILES string of the molecule is O=S(=O)(c1ccc(Br)c(F)c1)N(CCO)CC1CCCN1. The minimum Gasteiger partial charge on any atom is -0.395 e. The zero-order valence-electron chi connectivity index (χ0n) is 11.4. The lowest BCUT2D eigenvalue weighted by Crippen LogP contribution is -2.42. The number of nitrogens with zero attached hydrogens (tertiary/aromatic N) is 1. The topological polar surface area (TPSA) is 69.6 Å². The molecular weight excluding hydrogens is 363 g/mol. The molecule has 1 aliphatic rings. The van der Waals surface area contributed by atoms with Crippen molar-refractivity contribution in [3.63, 3.8) is 0 Å². The summed E-state index contributed by atoms with van der Waals surface area (Å²) in [6, 6.07) is 3.79. The second kappa shape index (κ2) is 7.15. The molecule has 0 bridgehead atoms. The fourth-order valence-electron chi connectivity index (χ4n) is 2.37. The molecule has 8 heteroatoms. The van der Waals surface area contributed by atoms with Gasteiger partial charge in [0.25, 0.3) is 0 Å². The standard InChI is InChI=1S/C13H18BrFN2O3S/c14-12-4-3-11(8-13(12)15)21(19,20)17(6-7-18)9-10-2-1-5-16-10/h3-4,8,10,16,18H,1-2,5-7,9H2. The molecule has 21 heavy (non-hydrogen) atoms. The molecule has 0 aromatic heterocycles. The average molecular weight is 381 g/mol. The number of benzene rings is 1. The Labute approximate surface area is 132 Å². The minimum atomic E-state index is -3.82. The lowest BCUT2D eigenvalue weighted by Gasteiger charge is -2.24. The summed E-state index contributed by atoms with van der Waals surface area (Å²) in [5.74, 6) is -0.626. The number of halogens is 2. The van der Waals surface area contributed by atoms with Crippen LogP contribution in [0.2, 0.25) is 0 Å². The highest BCUT2D eigenvalue weighted by atomic mass is 79.9. The molecule has 118 valence electrons. The molecule has 5 nitrogen and oxygen atoms in total. The van der Waals surface area contributed by atoms with Crippen molar-refractivity contribution in [3.8, 4) is 0 Å². The van der Waals surface area contributed by atoms with Crippen LogP contribution in [0.15, 0.2) is 27.6 Å². The lowest BCUT2D eigenvalue weighted by atomic mass is 10.2. The van der Waals surface area contributed by atoms with Gasteiger partial charge in [-0.05, 0) is 53.5 Å². The van der Waals surface area contributed by atoms with E-state index in [2.05, 4.69) is 21.2 Å². The van der Waals surface area contributed by atoms with Gasteiger partial charge in [0.15, 0.2) is 0 Å². The van der Waals surface area contributed by atoms with Crippen LogP contribution >= 0.6 is 15.9 Å². The highest BCUT2D eigenvalue weighted by molar-refractivity contribution is 9.10. The maximum Gasteiger partial charge on any atom is 0.243 e. The Kier molecular flexibility index (Phi) is 5.73. The van der Waals surface area contributed by atoms with E-state index in [0.29, 0.717) is 0 Å². The molecule has 1 aliphatic heterocycles. The summed E-state index contributed by atoms with van der Waals surface area (Å²) in [7, 11) is -3.82. The van der Waals surface area contributed by atoms with Crippen molar-refractivity contribution in [3.05, 3.63) is 28.5 Å². The number of hydrogen-bond acceptors (Lipinski definition) is 4. The van der Waals surface area contributed by atoms with Crippen molar-refractivity contribution in [2.75, 3.05) is 26.2 Å². The van der Waals surface area contributed by atoms with Crippen LogP contribution in [0, 0.1) is 5.82 Å². The second-order valence-electron chi connectivity index (χ2n) is 4.96. The van der Waals surface area contributed by atoms with Crippen LogP contribution in [-0.4, -0.2) is 50.1 Å². The van der Waals surface area contributed by atoms with E-state index in [-0.39, 0.29) is 35.1 Å². The van der Waals surface area contributed by atoms with Gasteiger partial charge in [-0.25, -0.2) is 12.8 Å². The van der Waals surface area contributed by atoms with Crippen LogP contribution in [0.25, 0.3) is 0 Å². The van der Waals surface area contributed by atoms with Crippen LogP contribution in [-0.2, 0) is 10.0 Å². The molecule has 1 heterocycles. The van der Waals surface area contributed by atoms with Gasteiger partial charge >= 0.3 is 0 Å². The van der Waals surface area contributed by atoms with Gasteiger partial charge in [0, 0.05) is 19.1 Å². The zero-order chi connectivity index (χ0) is 15.5. The number of hydrogen-bond donors (Lipinski definition) is 2. The molecule has 0 aliphatic carbocycles. The van der Waals surface area contributed by atoms with Crippen molar-refractivity contribution in [2.24, 2.45) is 0 Å². The quantitative estimate of drug-likeness (QED) is 0.780. The van der Waals surface area contributed by atoms with Crippen molar-refractivity contribution in [1.29, 1.82) is 0 Å². The molecule has 1 aromatic rings. The monoisotopic (exact) mass is 380 g/mol. The van der Waals surface area contributed by atoms with Gasteiger partial charge in [-0.1, -0.05) is 0 Å². The van der Waals surface area contributed by atoms with E-state index < -0.39 is 15.8 Å². The molecule has 0 saturated carbocycles. The largest absolute Gasteiger partial charge is 0.395 e. The van der Waals surface area contributed by atoms with Gasteiger partial charge in [-0.2, -0.15) is 4.31 Å². The molecule has 2 N–H and O–H groups in total. The van der Waals surface area contributed by atoms with Gasteiger partial charge in [0.2, 0.25) is 10.0 Å². The van der Waals surface area contributed by atoms with E-state index >= 15 is 0 Å². The van der Waals surface area contributed by atoms with E-state index in [1.165, 1.54) is 16.4 Å². The number of sulfonamides is 1. The fraction of sp³-hybridized carbons (Fsp3) is 0.538. The van der Waals surface area contributed by atoms with Gasteiger partial charge in [0.1, 0.15) is 5.82 Å². The smallest absolute Gasteiger partial charge is 0.243 e. The third kappa shape index (κ3) is 4.01. The molecule has 0 radical (unpaired) electrons. The van der Waals surface area contributed by atoms with Gasteiger partial charge in [-0.3, -0.25) is 0 Å². The highest BCUT2D eigenvalue weighted by Crippen LogP contribution is 2.22. The van der Waals surface area contributed by atoms with Crippen LogP contribution < -0.4 is 5.32 Å². The molecule has 1 saturated heterocycles. The molecule has 0 spiro atoms. The van der Waals surface area contributed by atoms with Crippen LogP contribution in [0.3, 0.4) is 0 Å². The summed E-state index contributed by atoms with van der Waals surface area (Å²) in [4.78, 5) is -0.102. The second-order valence-corrected chi connectivity index (χ2v) is 7.75. The summed E-state index contributed by atoms with van der Waals surface area (Å²) in [6.45, 7) is 0.869.